The number of aromatic amines is 1. The topological polar surface area (TPSA) is 69.8 Å². The van der Waals surface area contributed by atoms with E-state index in [1.807, 2.05) is 42.6 Å². The Balaban J connectivity index is 1.37. The molecule has 4 rings (SSSR count). The molecule has 0 aliphatic rings. The molecule has 164 valence electrons. The number of carbonyl (C=O) groups is 1. The van der Waals surface area contributed by atoms with Gasteiger partial charge in [0.1, 0.15) is 11.5 Å². The summed E-state index contributed by atoms with van der Waals surface area (Å²) in [7, 11) is 0. The van der Waals surface area contributed by atoms with Crippen LogP contribution in [0.15, 0.2) is 67.0 Å². The molecule has 0 aliphatic carbocycles. The normalized spacial score (nSPS) is 11.5. The van der Waals surface area contributed by atoms with E-state index in [4.69, 9.17) is 0 Å². The Labute approximate surface area is 180 Å². The van der Waals surface area contributed by atoms with E-state index in [1.54, 1.807) is 6.20 Å². The predicted octanol–water partition coefficient (Wildman–Crippen LogP) is 5.75. The Hall–Kier alpha value is -3.88. The number of aromatic nitrogens is 2. The molecule has 0 bridgehead atoms. The fourth-order valence-electron chi connectivity index (χ4n) is 3.29. The monoisotopic (exact) mass is 442 g/mol. The Morgan fingerprint density at radius 3 is 2.69 bits per heavy atom. The van der Waals surface area contributed by atoms with Gasteiger partial charge in [0.2, 0.25) is 0 Å². The van der Waals surface area contributed by atoms with E-state index in [1.165, 1.54) is 0 Å². The number of hydrogen-bond donors (Lipinski definition) is 3. The standard InChI is InChI=1S/C23H18F4N4O/c24-19-5-4-18(23(25,26)27)12-20(19)31-22(32)29-8-6-14-2-1-3-15(10-14)17-11-16-7-9-28-21(16)30-13-17/h1-5,7,9-13H,6,8H2,(H,28,30)(H2,29,31,32). The highest BCUT2D eigenvalue weighted by Gasteiger charge is 2.31. The first kappa shape index (κ1) is 21.4. The van der Waals surface area contributed by atoms with Crippen molar-refractivity contribution in [1.82, 2.24) is 15.3 Å². The maximum atomic E-state index is 13.8. The summed E-state index contributed by atoms with van der Waals surface area (Å²) in [6.07, 6.45) is -0.563. The highest BCUT2D eigenvalue weighted by atomic mass is 19.4. The zero-order valence-corrected chi connectivity index (χ0v) is 16.6. The summed E-state index contributed by atoms with van der Waals surface area (Å²) in [6, 6.07) is 12.7. The highest BCUT2D eigenvalue weighted by Crippen LogP contribution is 2.31. The molecule has 0 aliphatic heterocycles. The van der Waals surface area contributed by atoms with Crippen molar-refractivity contribution in [3.05, 3.63) is 83.9 Å². The lowest BCUT2D eigenvalue weighted by Gasteiger charge is -2.12. The van der Waals surface area contributed by atoms with Crippen LogP contribution in [0.5, 0.6) is 0 Å². The molecule has 4 aromatic rings. The van der Waals surface area contributed by atoms with Crippen LogP contribution in [0, 0.1) is 5.82 Å². The van der Waals surface area contributed by atoms with Crippen LogP contribution in [0.25, 0.3) is 22.2 Å². The van der Waals surface area contributed by atoms with E-state index < -0.39 is 29.3 Å². The zero-order valence-electron chi connectivity index (χ0n) is 16.6. The largest absolute Gasteiger partial charge is 0.416 e. The molecule has 0 unspecified atom stereocenters. The van der Waals surface area contributed by atoms with E-state index in [0.29, 0.717) is 24.6 Å². The van der Waals surface area contributed by atoms with Crippen LogP contribution in [0.2, 0.25) is 0 Å². The third kappa shape index (κ3) is 4.88. The zero-order chi connectivity index (χ0) is 22.7. The van der Waals surface area contributed by atoms with Gasteiger partial charge in [0.15, 0.2) is 0 Å². The second kappa shape index (κ2) is 8.70. The van der Waals surface area contributed by atoms with Gasteiger partial charge in [-0.2, -0.15) is 13.2 Å². The summed E-state index contributed by atoms with van der Waals surface area (Å²) in [5.41, 5.74) is 2.09. The van der Waals surface area contributed by atoms with Crippen molar-refractivity contribution in [2.45, 2.75) is 12.6 Å². The summed E-state index contributed by atoms with van der Waals surface area (Å²) < 4.78 is 52.1. The molecule has 0 atom stereocenters. The number of anilines is 1. The lowest BCUT2D eigenvalue weighted by Crippen LogP contribution is -2.30. The molecular weight excluding hydrogens is 424 g/mol. The number of alkyl halides is 3. The number of hydrogen-bond acceptors (Lipinski definition) is 2. The van der Waals surface area contributed by atoms with Crippen LogP contribution in [-0.2, 0) is 12.6 Å². The van der Waals surface area contributed by atoms with Crippen molar-refractivity contribution in [2.24, 2.45) is 0 Å². The van der Waals surface area contributed by atoms with E-state index in [9.17, 15) is 22.4 Å². The first-order chi connectivity index (χ1) is 15.3. The maximum Gasteiger partial charge on any atom is 0.416 e. The fraction of sp³-hybridized carbons (Fsp3) is 0.130. The second-order valence-corrected chi connectivity index (χ2v) is 7.16. The molecule has 32 heavy (non-hydrogen) atoms. The quantitative estimate of drug-likeness (QED) is 0.345. The summed E-state index contributed by atoms with van der Waals surface area (Å²) in [4.78, 5) is 19.4. The number of halogens is 4. The third-order valence-corrected chi connectivity index (χ3v) is 4.90. The minimum Gasteiger partial charge on any atom is -0.346 e. The molecule has 9 heteroatoms. The van der Waals surface area contributed by atoms with Gasteiger partial charge >= 0.3 is 12.2 Å². The van der Waals surface area contributed by atoms with Crippen molar-refractivity contribution >= 4 is 22.8 Å². The van der Waals surface area contributed by atoms with E-state index >= 15 is 0 Å². The Morgan fingerprint density at radius 2 is 1.88 bits per heavy atom. The smallest absolute Gasteiger partial charge is 0.346 e. The Kier molecular flexibility index (Phi) is 5.81. The number of H-pyrrole nitrogens is 1. The van der Waals surface area contributed by atoms with Crippen molar-refractivity contribution < 1.29 is 22.4 Å². The summed E-state index contributed by atoms with van der Waals surface area (Å²) in [5.74, 6) is -0.950. The fourth-order valence-corrected chi connectivity index (χ4v) is 3.29. The van der Waals surface area contributed by atoms with Crippen LogP contribution in [0.1, 0.15) is 11.1 Å². The molecule has 5 nitrogen and oxygen atoms in total. The van der Waals surface area contributed by atoms with Gasteiger partial charge in [0.25, 0.3) is 0 Å². The lowest BCUT2D eigenvalue weighted by molar-refractivity contribution is -0.137. The molecule has 0 saturated heterocycles. The summed E-state index contributed by atoms with van der Waals surface area (Å²) in [5, 5.41) is 5.65. The Bertz CT molecular complexity index is 1270. The van der Waals surface area contributed by atoms with E-state index in [-0.39, 0.29) is 6.54 Å². The molecule has 2 aromatic carbocycles. The first-order valence-electron chi connectivity index (χ1n) is 9.74. The molecule has 2 aromatic heterocycles. The number of pyridine rings is 1. The van der Waals surface area contributed by atoms with E-state index in [2.05, 4.69) is 20.6 Å². The predicted molar refractivity (Wildman–Crippen MR) is 114 cm³/mol. The molecule has 0 radical (unpaired) electrons. The van der Waals surface area contributed by atoms with Crippen LogP contribution in [0.4, 0.5) is 28.0 Å². The number of fused-ring (bicyclic) bond motifs is 1. The number of amides is 2. The van der Waals surface area contributed by atoms with E-state index in [0.717, 1.165) is 27.7 Å². The number of benzene rings is 2. The SMILES string of the molecule is O=C(NCCc1cccc(-c2cnc3[nH]ccc3c2)c1)Nc1cc(C(F)(F)F)ccc1F. The van der Waals surface area contributed by atoms with Crippen LogP contribution in [0.3, 0.4) is 0 Å². The molecule has 3 N–H and O–H groups in total. The number of carbonyl (C=O) groups excluding carboxylic acids is 1. The minimum absolute atomic E-state index is 0.213. The average molecular weight is 442 g/mol. The van der Waals surface area contributed by atoms with Gasteiger partial charge in [-0.1, -0.05) is 24.3 Å². The number of nitrogens with one attached hydrogen (secondary N) is 3. The van der Waals surface area contributed by atoms with Crippen LogP contribution < -0.4 is 10.6 Å². The molecule has 0 spiro atoms. The van der Waals surface area contributed by atoms with Gasteiger partial charge in [-0.25, -0.2) is 14.2 Å². The van der Waals surface area contributed by atoms with Crippen molar-refractivity contribution in [3.8, 4) is 11.1 Å². The number of urea groups is 1. The first-order valence-corrected chi connectivity index (χ1v) is 9.74. The summed E-state index contributed by atoms with van der Waals surface area (Å²) in [6.45, 7) is 0.213. The minimum atomic E-state index is -4.63. The third-order valence-electron chi connectivity index (χ3n) is 4.90. The molecule has 0 fully saturated rings. The highest BCUT2D eigenvalue weighted by molar-refractivity contribution is 5.89. The van der Waals surface area contributed by atoms with Crippen LogP contribution >= 0.6 is 0 Å². The number of nitrogens with zero attached hydrogens (tertiary/aromatic N) is 1. The number of rotatable bonds is 5. The van der Waals surface area contributed by atoms with Gasteiger partial charge in [0, 0.05) is 29.9 Å². The summed E-state index contributed by atoms with van der Waals surface area (Å²) >= 11 is 0. The van der Waals surface area contributed by atoms with Gasteiger partial charge < -0.3 is 15.6 Å². The van der Waals surface area contributed by atoms with Crippen molar-refractivity contribution in [2.75, 3.05) is 11.9 Å². The lowest BCUT2D eigenvalue weighted by atomic mass is 10.0. The van der Waals surface area contributed by atoms with Gasteiger partial charge in [-0.15, -0.1) is 0 Å². The van der Waals surface area contributed by atoms with Gasteiger partial charge in [-0.3, -0.25) is 0 Å². The maximum absolute atomic E-state index is 13.8. The molecule has 0 saturated carbocycles. The molecule has 2 heterocycles. The Morgan fingerprint density at radius 1 is 1.03 bits per heavy atom. The molecule has 2 amide bonds. The van der Waals surface area contributed by atoms with Crippen molar-refractivity contribution in [3.63, 3.8) is 0 Å². The second-order valence-electron chi connectivity index (χ2n) is 7.16. The average Bonchev–Trinajstić information content (AvgIpc) is 3.22. The van der Waals surface area contributed by atoms with Crippen molar-refractivity contribution in [1.29, 1.82) is 0 Å². The van der Waals surface area contributed by atoms with Gasteiger partial charge in [-0.05, 0) is 47.9 Å². The van der Waals surface area contributed by atoms with Gasteiger partial charge in [0.05, 0.1) is 11.3 Å². The van der Waals surface area contributed by atoms with Crippen LogP contribution in [-0.4, -0.2) is 22.5 Å². The molecular formula is C23H18F4N4O.